The number of rotatable bonds is 2. The number of carbonyl (C=O) groups is 1. The molecule has 0 aromatic carbocycles. The first kappa shape index (κ1) is 12.6. The summed E-state index contributed by atoms with van der Waals surface area (Å²) in [5.74, 6) is 1.82. The number of carbonyl (C=O) groups excluding carboxylic acids is 1. The molecule has 2 aliphatic heterocycles. The van der Waals surface area contributed by atoms with Crippen LogP contribution in [0.15, 0.2) is 4.52 Å². The van der Waals surface area contributed by atoms with Crippen LogP contribution in [0.25, 0.3) is 0 Å². The highest BCUT2D eigenvalue weighted by Crippen LogP contribution is 2.27. The van der Waals surface area contributed by atoms with Crippen molar-refractivity contribution in [2.45, 2.75) is 44.6 Å². The molecule has 1 amide bonds. The first-order valence-corrected chi connectivity index (χ1v) is 6.94. The maximum atomic E-state index is 12.2. The molecule has 0 N–H and O–H groups in total. The fraction of sp³-hybridized carbons (Fsp3) is 0.769. The molecule has 19 heavy (non-hydrogen) atoms. The summed E-state index contributed by atoms with van der Waals surface area (Å²) in [6.07, 6.45) is 3.43. The zero-order valence-electron chi connectivity index (χ0n) is 11.2. The van der Waals surface area contributed by atoms with Crippen LogP contribution in [0.5, 0.6) is 0 Å². The molecule has 6 nitrogen and oxygen atoms in total. The highest BCUT2D eigenvalue weighted by Gasteiger charge is 2.32. The Morgan fingerprint density at radius 2 is 2.11 bits per heavy atom. The van der Waals surface area contributed by atoms with E-state index in [2.05, 4.69) is 10.1 Å². The Bertz CT molecular complexity index is 446. The zero-order chi connectivity index (χ0) is 13.2. The Labute approximate surface area is 112 Å². The summed E-state index contributed by atoms with van der Waals surface area (Å²) in [5.41, 5.74) is 0. The van der Waals surface area contributed by atoms with Crippen molar-refractivity contribution < 1.29 is 14.1 Å². The Balaban J connectivity index is 1.55. The van der Waals surface area contributed by atoms with Gasteiger partial charge in [0.15, 0.2) is 5.82 Å². The van der Waals surface area contributed by atoms with Crippen LogP contribution in [0, 0.1) is 6.92 Å². The number of ether oxygens (including phenoxy) is 1. The van der Waals surface area contributed by atoms with Crippen LogP contribution < -0.4 is 0 Å². The lowest BCUT2D eigenvalue weighted by atomic mass is 9.96. The predicted molar refractivity (Wildman–Crippen MR) is 66.6 cm³/mol. The quantitative estimate of drug-likeness (QED) is 0.805. The summed E-state index contributed by atoms with van der Waals surface area (Å²) in [6.45, 7) is 4.05. The average molecular weight is 265 g/mol. The third kappa shape index (κ3) is 2.63. The van der Waals surface area contributed by atoms with Crippen LogP contribution in [-0.2, 0) is 9.53 Å². The second-order valence-corrected chi connectivity index (χ2v) is 5.28. The van der Waals surface area contributed by atoms with Crippen LogP contribution in [0.1, 0.15) is 43.3 Å². The van der Waals surface area contributed by atoms with Crippen molar-refractivity contribution >= 4 is 5.91 Å². The van der Waals surface area contributed by atoms with Gasteiger partial charge in [0, 0.05) is 25.6 Å². The van der Waals surface area contributed by atoms with E-state index in [9.17, 15) is 4.79 Å². The largest absolute Gasteiger partial charge is 0.368 e. The molecule has 0 radical (unpaired) electrons. The van der Waals surface area contributed by atoms with Crippen molar-refractivity contribution in [3.05, 3.63) is 11.7 Å². The standard InChI is InChI=1S/C13H19N3O3/c1-9-14-12(19-15-9)10-4-6-16(7-5-10)13(17)11-3-2-8-18-11/h10-11H,2-8H2,1H3/t11-/m1/s1. The third-order valence-corrected chi connectivity index (χ3v) is 3.90. The third-order valence-electron chi connectivity index (χ3n) is 3.90. The van der Waals surface area contributed by atoms with E-state index in [1.54, 1.807) is 0 Å². The van der Waals surface area contributed by atoms with E-state index in [4.69, 9.17) is 9.26 Å². The molecule has 1 aromatic heterocycles. The molecular weight excluding hydrogens is 246 g/mol. The van der Waals surface area contributed by atoms with E-state index in [0.29, 0.717) is 18.3 Å². The summed E-state index contributed by atoms with van der Waals surface area (Å²) in [6, 6.07) is 0. The maximum Gasteiger partial charge on any atom is 0.251 e. The second-order valence-electron chi connectivity index (χ2n) is 5.28. The molecular formula is C13H19N3O3. The molecule has 3 heterocycles. The topological polar surface area (TPSA) is 68.5 Å². The van der Waals surface area contributed by atoms with Crippen LogP contribution >= 0.6 is 0 Å². The van der Waals surface area contributed by atoms with Crippen LogP contribution in [0.4, 0.5) is 0 Å². The molecule has 0 bridgehead atoms. The van der Waals surface area contributed by atoms with E-state index in [-0.39, 0.29) is 17.9 Å². The van der Waals surface area contributed by atoms with E-state index >= 15 is 0 Å². The molecule has 2 aliphatic rings. The highest BCUT2D eigenvalue weighted by atomic mass is 16.5. The van der Waals surface area contributed by atoms with Gasteiger partial charge in [-0.15, -0.1) is 0 Å². The van der Waals surface area contributed by atoms with Crippen LogP contribution in [0.2, 0.25) is 0 Å². The number of hydrogen-bond acceptors (Lipinski definition) is 5. The minimum Gasteiger partial charge on any atom is -0.368 e. The molecule has 6 heteroatoms. The molecule has 0 unspecified atom stereocenters. The fourth-order valence-corrected chi connectivity index (χ4v) is 2.80. The average Bonchev–Trinajstić information content (AvgIpc) is 3.09. The lowest BCUT2D eigenvalue weighted by molar-refractivity contribution is -0.142. The van der Waals surface area contributed by atoms with E-state index in [0.717, 1.165) is 38.8 Å². The van der Waals surface area contributed by atoms with Crippen LogP contribution in [-0.4, -0.2) is 46.7 Å². The van der Waals surface area contributed by atoms with Gasteiger partial charge in [0.2, 0.25) is 5.89 Å². The minimum atomic E-state index is -0.206. The molecule has 1 aromatic rings. The molecule has 104 valence electrons. The van der Waals surface area contributed by atoms with Crippen molar-refractivity contribution in [3.8, 4) is 0 Å². The second kappa shape index (κ2) is 5.28. The SMILES string of the molecule is Cc1noc(C2CCN(C(=O)[C@H]3CCCO3)CC2)n1. The smallest absolute Gasteiger partial charge is 0.251 e. The molecule has 3 rings (SSSR count). The summed E-state index contributed by atoms with van der Waals surface area (Å²) in [5, 5.41) is 3.82. The highest BCUT2D eigenvalue weighted by molar-refractivity contribution is 5.81. The summed E-state index contributed by atoms with van der Waals surface area (Å²) in [7, 11) is 0. The normalized spacial score (nSPS) is 24.9. The van der Waals surface area contributed by atoms with Gasteiger partial charge in [-0.1, -0.05) is 5.16 Å². The number of likely N-dealkylation sites (tertiary alicyclic amines) is 1. The maximum absolute atomic E-state index is 12.2. The van der Waals surface area contributed by atoms with Crippen molar-refractivity contribution in [3.63, 3.8) is 0 Å². The predicted octanol–water partition coefficient (Wildman–Crippen LogP) is 1.26. The first-order chi connectivity index (χ1) is 9.24. The molecule has 0 saturated carbocycles. The Kier molecular flexibility index (Phi) is 3.50. The van der Waals surface area contributed by atoms with Crippen molar-refractivity contribution in [1.29, 1.82) is 0 Å². The number of amides is 1. The van der Waals surface area contributed by atoms with Gasteiger partial charge in [0.25, 0.3) is 5.91 Å². The van der Waals surface area contributed by atoms with Gasteiger partial charge in [0.05, 0.1) is 0 Å². The summed E-state index contributed by atoms with van der Waals surface area (Å²) < 4.78 is 10.7. The van der Waals surface area contributed by atoms with Gasteiger partial charge < -0.3 is 14.2 Å². The Morgan fingerprint density at radius 3 is 2.68 bits per heavy atom. The number of piperidine rings is 1. The van der Waals surface area contributed by atoms with Gasteiger partial charge >= 0.3 is 0 Å². The van der Waals surface area contributed by atoms with Crippen molar-refractivity contribution in [1.82, 2.24) is 15.0 Å². The fourth-order valence-electron chi connectivity index (χ4n) is 2.80. The minimum absolute atomic E-state index is 0.151. The number of nitrogens with zero attached hydrogens (tertiary/aromatic N) is 3. The van der Waals surface area contributed by atoms with Gasteiger partial charge in [-0.25, -0.2) is 0 Å². The van der Waals surface area contributed by atoms with Crippen LogP contribution in [0.3, 0.4) is 0 Å². The molecule has 1 atom stereocenters. The zero-order valence-corrected chi connectivity index (χ0v) is 11.2. The summed E-state index contributed by atoms with van der Waals surface area (Å²) in [4.78, 5) is 18.4. The van der Waals surface area contributed by atoms with Gasteiger partial charge in [-0.3, -0.25) is 4.79 Å². The molecule has 2 fully saturated rings. The number of hydrogen-bond donors (Lipinski definition) is 0. The van der Waals surface area contributed by atoms with Gasteiger partial charge in [-0.05, 0) is 32.6 Å². The lowest BCUT2D eigenvalue weighted by Crippen LogP contribution is -2.43. The van der Waals surface area contributed by atoms with Crippen molar-refractivity contribution in [2.75, 3.05) is 19.7 Å². The first-order valence-electron chi connectivity index (χ1n) is 6.94. The van der Waals surface area contributed by atoms with Gasteiger partial charge in [0.1, 0.15) is 6.10 Å². The van der Waals surface area contributed by atoms with E-state index in [1.807, 2.05) is 11.8 Å². The van der Waals surface area contributed by atoms with E-state index < -0.39 is 0 Å². The number of aryl methyl sites for hydroxylation is 1. The van der Waals surface area contributed by atoms with Gasteiger partial charge in [-0.2, -0.15) is 4.98 Å². The number of aromatic nitrogens is 2. The van der Waals surface area contributed by atoms with E-state index in [1.165, 1.54) is 0 Å². The lowest BCUT2D eigenvalue weighted by Gasteiger charge is -2.31. The Hall–Kier alpha value is -1.43. The Morgan fingerprint density at radius 1 is 1.32 bits per heavy atom. The monoisotopic (exact) mass is 265 g/mol. The molecule has 0 aliphatic carbocycles. The molecule has 2 saturated heterocycles. The molecule has 0 spiro atoms. The van der Waals surface area contributed by atoms with Crippen molar-refractivity contribution in [2.24, 2.45) is 0 Å². The summed E-state index contributed by atoms with van der Waals surface area (Å²) >= 11 is 0.